The van der Waals surface area contributed by atoms with Crippen LogP contribution < -0.4 is 9.47 Å². The van der Waals surface area contributed by atoms with E-state index in [0.717, 1.165) is 0 Å². The number of benzene rings is 1. The lowest BCUT2D eigenvalue weighted by atomic mass is 10.3. The first-order valence-corrected chi connectivity index (χ1v) is 6.22. The van der Waals surface area contributed by atoms with Crippen LogP contribution in [0.3, 0.4) is 0 Å². The molecule has 0 saturated carbocycles. The van der Waals surface area contributed by atoms with Crippen molar-refractivity contribution in [2.45, 2.75) is 0 Å². The Morgan fingerprint density at radius 2 is 1.75 bits per heavy atom. The highest BCUT2D eigenvalue weighted by Crippen LogP contribution is 2.15. The molecule has 1 heterocycles. The molecule has 0 aliphatic rings. The van der Waals surface area contributed by atoms with Crippen LogP contribution in [0.4, 0.5) is 0 Å². The van der Waals surface area contributed by atoms with Gasteiger partial charge in [0.05, 0.1) is 11.8 Å². The van der Waals surface area contributed by atoms with Gasteiger partial charge in [-0.15, -0.1) is 0 Å². The fraction of sp³-hybridized carbons (Fsp3) is 0.143. The lowest BCUT2D eigenvalue weighted by molar-refractivity contribution is 0.0696. The summed E-state index contributed by atoms with van der Waals surface area (Å²) in [6, 6.07) is 8.40. The first kappa shape index (κ1) is 14.1. The number of nitrogens with zero attached hydrogens (tertiary/aromatic N) is 1. The van der Waals surface area contributed by atoms with Crippen molar-refractivity contribution < 1.29 is 19.4 Å². The third kappa shape index (κ3) is 4.13. The van der Waals surface area contributed by atoms with E-state index < -0.39 is 5.97 Å². The number of carboxylic acid groups (broad SMARTS) is 1. The Hall–Kier alpha value is -2.27. The monoisotopic (exact) mass is 293 g/mol. The molecule has 20 heavy (non-hydrogen) atoms. The second-order valence-corrected chi connectivity index (χ2v) is 4.30. The van der Waals surface area contributed by atoms with Gasteiger partial charge in [-0.05, 0) is 30.3 Å². The van der Waals surface area contributed by atoms with Crippen molar-refractivity contribution in [3.05, 3.63) is 53.3 Å². The molecule has 1 aromatic carbocycles. The summed E-state index contributed by atoms with van der Waals surface area (Å²) in [5, 5.41) is 9.46. The number of carbonyl (C=O) groups is 1. The molecule has 0 saturated heterocycles. The van der Waals surface area contributed by atoms with Gasteiger partial charge in [0.1, 0.15) is 24.7 Å². The summed E-state index contributed by atoms with van der Waals surface area (Å²) in [4.78, 5) is 14.6. The van der Waals surface area contributed by atoms with Gasteiger partial charge >= 0.3 is 5.97 Å². The van der Waals surface area contributed by atoms with Gasteiger partial charge in [-0.2, -0.15) is 0 Å². The summed E-state index contributed by atoms with van der Waals surface area (Å²) in [5.41, 5.74) is 0.0844. The molecule has 0 amide bonds. The van der Waals surface area contributed by atoms with Gasteiger partial charge in [0.25, 0.3) is 0 Å². The van der Waals surface area contributed by atoms with E-state index in [2.05, 4.69) is 4.98 Å². The Morgan fingerprint density at radius 3 is 2.40 bits per heavy atom. The van der Waals surface area contributed by atoms with Crippen molar-refractivity contribution >= 4 is 17.6 Å². The van der Waals surface area contributed by atoms with Crippen molar-refractivity contribution in [2.24, 2.45) is 0 Å². The predicted octanol–water partition coefficient (Wildman–Crippen LogP) is 2.89. The minimum absolute atomic E-state index is 0.0844. The van der Waals surface area contributed by atoms with Gasteiger partial charge in [-0.1, -0.05) is 11.6 Å². The lowest BCUT2D eigenvalue weighted by Crippen LogP contribution is -2.09. The smallest absolute Gasteiger partial charge is 0.337 e. The number of hydrogen-bond acceptors (Lipinski definition) is 4. The average molecular weight is 294 g/mol. The third-order valence-corrected chi connectivity index (χ3v) is 2.65. The van der Waals surface area contributed by atoms with Gasteiger partial charge in [0.15, 0.2) is 0 Å². The second kappa shape index (κ2) is 6.77. The zero-order chi connectivity index (χ0) is 14.4. The Balaban J connectivity index is 1.79. The number of halogens is 1. The zero-order valence-electron chi connectivity index (χ0n) is 10.5. The molecule has 1 aromatic heterocycles. The van der Waals surface area contributed by atoms with E-state index in [9.17, 15) is 4.79 Å². The molecule has 2 aromatic rings. The molecule has 0 aliphatic heterocycles. The first-order chi connectivity index (χ1) is 9.65. The van der Waals surface area contributed by atoms with E-state index in [4.69, 9.17) is 26.2 Å². The average Bonchev–Trinajstić information content (AvgIpc) is 2.46. The highest BCUT2D eigenvalue weighted by atomic mass is 35.5. The molecule has 0 bridgehead atoms. The zero-order valence-corrected chi connectivity index (χ0v) is 11.2. The Bertz CT molecular complexity index is 586. The maximum absolute atomic E-state index is 10.8. The number of aromatic nitrogens is 1. The van der Waals surface area contributed by atoms with E-state index in [1.807, 2.05) is 0 Å². The second-order valence-electron chi connectivity index (χ2n) is 3.87. The van der Waals surface area contributed by atoms with E-state index in [1.54, 1.807) is 24.3 Å². The molecular formula is C14H12ClNO4. The minimum atomic E-state index is -1.04. The van der Waals surface area contributed by atoms with Crippen molar-refractivity contribution in [3.8, 4) is 11.5 Å². The van der Waals surface area contributed by atoms with Gasteiger partial charge in [0, 0.05) is 11.2 Å². The number of carboxylic acids is 1. The van der Waals surface area contributed by atoms with Crippen LogP contribution in [0.25, 0.3) is 0 Å². The van der Waals surface area contributed by atoms with Crippen molar-refractivity contribution in [1.82, 2.24) is 4.98 Å². The van der Waals surface area contributed by atoms with Crippen LogP contribution in [-0.2, 0) is 0 Å². The molecule has 2 rings (SSSR count). The highest BCUT2D eigenvalue weighted by Gasteiger charge is 2.04. The predicted molar refractivity (Wildman–Crippen MR) is 73.6 cm³/mol. The summed E-state index contributed by atoms with van der Waals surface area (Å²) in [6.45, 7) is 0.617. The molecule has 0 spiro atoms. The van der Waals surface area contributed by atoms with Gasteiger partial charge in [-0.3, -0.25) is 4.98 Å². The topological polar surface area (TPSA) is 68.7 Å². The normalized spacial score (nSPS) is 10.1. The number of ether oxygens (including phenoxy) is 2. The van der Waals surface area contributed by atoms with E-state index in [1.165, 1.54) is 18.5 Å². The molecular weight excluding hydrogens is 282 g/mol. The molecule has 0 aliphatic carbocycles. The Morgan fingerprint density at radius 1 is 1.10 bits per heavy atom. The SMILES string of the molecule is O=C(O)c1cncc(OCCOc2ccc(Cl)cc2)c1. The number of aromatic carboxylic acids is 1. The van der Waals surface area contributed by atoms with Gasteiger partial charge in [0.2, 0.25) is 0 Å². The fourth-order valence-corrected chi connectivity index (χ4v) is 1.59. The molecule has 104 valence electrons. The molecule has 0 atom stereocenters. The molecule has 1 N–H and O–H groups in total. The van der Waals surface area contributed by atoms with Crippen LogP contribution >= 0.6 is 11.6 Å². The quantitative estimate of drug-likeness (QED) is 0.829. The van der Waals surface area contributed by atoms with Gasteiger partial charge < -0.3 is 14.6 Å². The van der Waals surface area contributed by atoms with E-state index >= 15 is 0 Å². The van der Waals surface area contributed by atoms with Crippen LogP contribution in [-0.4, -0.2) is 29.3 Å². The van der Waals surface area contributed by atoms with E-state index in [-0.39, 0.29) is 12.2 Å². The largest absolute Gasteiger partial charge is 0.490 e. The summed E-state index contributed by atoms with van der Waals surface area (Å²) >= 11 is 5.76. The third-order valence-electron chi connectivity index (χ3n) is 2.39. The van der Waals surface area contributed by atoms with Crippen LogP contribution in [0, 0.1) is 0 Å². The Labute approximate surface area is 120 Å². The van der Waals surface area contributed by atoms with Gasteiger partial charge in [-0.25, -0.2) is 4.79 Å². The lowest BCUT2D eigenvalue weighted by Gasteiger charge is -2.08. The van der Waals surface area contributed by atoms with Crippen LogP contribution in [0.15, 0.2) is 42.7 Å². The molecule has 5 nitrogen and oxygen atoms in total. The Kier molecular flexibility index (Phi) is 4.79. The highest BCUT2D eigenvalue weighted by molar-refractivity contribution is 6.30. The number of rotatable bonds is 6. The van der Waals surface area contributed by atoms with Crippen molar-refractivity contribution in [3.63, 3.8) is 0 Å². The van der Waals surface area contributed by atoms with Crippen molar-refractivity contribution in [2.75, 3.05) is 13.2 Å². The maximum atomic E-state index is 10.8. The molecule has 0 radical (unpaired) electrons. The number of pyridine rings is 1. The summed E-state index contributed by atoms with van der Waals surface area (Å²) in [7, 11) is 0. The van der Waals surface area contributed by atoms with Crippen LogP contribution in [0.5, 0.6) is 11.5 Å². The van der Waals surface area contributed by atoms with E-state index in [0.29, 0.717) is 23.1 Å². The first-order valence-electron chi connectivity index (χ1n) is 5.84. The molecule has 0 unspecified atom stereocenters. The number of hydrogen-bond donors (Lipinski definition) is 1. The molecule has 0 fully saturated rings. The molecule has 6 heteroatoms. The summed E-state index contributed by atoms with van der Waals surface area (Å²) < 4.78 is 10.8. The fourth-order valence-electron chi connectivity index (χ4n) is 1.46. The summed E-state index contributed by atoms with van der Waals surface area (Å²) in [5.74, 6) is 0.0420. The van der Waals surface area contributed by atoms with Crippen LogP contribution in [0.1, 0.15) is 10.4 Å². The standard InChI is InChI=1S/C14H12ClNO4/c15-11-1-3-12(4-2-11)19-5-6-20-13-7-10(14(17)18)8-16-9-13/h1-4,7-9H,5-6H2,(H,17,18). The van der Waals surface area contributed by atoms with Crippen LogP contribution in [0.2, 0.25) is 5.02 Å². The minimum Gasteiger partial charge on any atom is -0.490 e. The summed E-state index contributed by atoms with van der Waals surface area (Å²) in [6.07, 6.45) is 2.72. The maximum Gasteiger partial charge on any atom is 0.337 e. The van der Waals surface area contributed by atoms with Crippen molar-refractivity contribution in [1.29, 1.82) is 0 Å².